The summed E-state index contributed by atoms with van der Waals surface area (Å²) in [5.74, 6) is 2.21. The molecule has 0 saturated carbocycles. The molecule has 0 radical (unpaired) electrons. The standard InChI is InChI=1S/C14H16N2OS2/c1-18-14(19-2)9-17-11-6-4-3-5-10(11)12(14)13-15-7-8-16-13/h3-8,12H,9H2,1-2H3,(H,15,16). The van der Waals surface area contributed by atoms with E-state index < -0.39 is 0 Å². The van der Waals surface area contributed by atoms with Crippen LogP contribution < -0.4 is 4.74 Å². The van der Waals surface area contributed by atoms with E-state index in [1.165, 1.54) is 5.56 Å². The third kappa shape index (κ3) is 2.05. The highest BCUT2D eigenvalue weighted by atomic mass is 32.2. The van der Waals surface area contributed by atoms with Gasteiger partial charge in [-0.1, -0.05) is 18.2 Å². The van der Waals surface area contributed by atoms with Crippen molar-refractivity contribution < 1.29 is 4.74 Å². The topological polar surface area (TPSA) is 37.9 Å². The molecule has 3 rings (SSSR count). The number of H-pyrrole nitrogens is 1. The van der Waals surface area contributed by atoms with Crippen LogP contribution in [0.5, 0.6) is 5.75 Å². The number of para-hydroxylation sites is 1. The van der Waals surface area contributed by atoms with Crippen molar-refractivity contribution in [1.82, 2.24) is 9.97 Å². The summed E-state index contributed by atoms with van der Waals surface area (Å²) in [6, 6.07) is 8.26. The third-order valence-corrected chi connectivity index (χ3v) is 6.67. The molecule has 1 aromatic carbocycles. The molecular formula is C14H16N2OS2. The van der Waals surface area contributed by atoms with E-state index in [9.17, 15) is 0 Å². The first-order chi connectivity index (χ1) is 9.30. The number of aromatic amines is 1. The molecule has 3 nitrogen and oxygen atoms in total. The molecule has 1 aliphatic heterocycles. The number of benzene rings is 1. The molecule has 1 atom stereocenters. The largest absolute Gasteiger partial charge is 0.491 e. The number of aromatic nitrogens is 2. The number of nitrogens with one attached hydrogen (secondary N) is 1. The van der Waals surface area contributed by atoms with Crippen LogP contribution in [-0.2, 0) is 0 Å². The molecule has 100 valence electrons. The van der Waals surface area contributed by atoms with Crippen molar-refractivity contribution >= 4 is 23.5 Å². The highest BCUT2D eigenvalue weighted by molar-refractivity contribution is 8.17. The van der Waals surface area contributed by atoms with Crippen LogP contribution in [0.1, 0.15) is 17.3 Å². The monoisotopic (exact) mass is 292 g/mol. The molecule has 0 saturated heterocycles. The van der Waals surface area contributed by atoms with E-state index in [1.54, 1.807) is 0 Å². The number of thioether (sulfide) groups is 2. The van der Waals surface area contributed by atoms with E-state index in [-0.39, 0.29) is 10.00 Å². The second kappa shape index (κ2) is 5.13. The van der Waals surface area contributed by atoms with Gasteiger partial charge in [-0.25, -0.2) is 4.98 Å². The molecule has 0 amide bonds. The van der Waals surface area contributed by atoms with Crippen LogP contribution in [0.3, 0.4) is 0 Å². The number of imidazole rings is 1. The zero-order valence-corrected chi connectivity index (χ0v) is 12.6. The highest BCUT2D eigenvalue weighted by Gasteiger charge is 2.46. The van der Waals surface area contributed by atoms with Gasteiger partial charge in [-0.15, -0.1) is 23.5 Å². The first-order valence-corrected chi connectivity index (χ1v) is 8.57. The van der Waals surface area contributed by atoms with E-state index in [2.05, 4.69) is 34.6 Å². The van der Waals surface area contributed by atoms with Crippen molar-refractivity contribution in [2.24, 2.45) is 0 Å². The van der Waals surface area contributed by atoms with Crippen LogP contribution in [0.25, 0.3) is 0 Å². The molecule has 2 aromatic rings. The molecule has 0 spiro atoms. The summed E-state index contributed by atoms with van der Waals surface area (Å²) >= 11 is 3.68. The Morgan fingerprint density at radius 3 is 2.79 bits per heavy atom. The smallest absolute Gasteiger partial charge is 0.123 e. The number of nitrogens with zero attached hydrogens (tertiary/aromatic N) is 1. The SMILES string of the molecule is CSC1(SC)COc2ccccc2C1c1ncc[nH]1. The van der Waals surface area contributed by atoms with Gasteiger partial charge in [0.1, 0.15) is 22.3 Å². The summed E-state index contributed by atoms with van der Waals surface area (Å²) in [6.07, 6.45) is 7.99. The van der Waals surface area contributed by atoms with Crippen molar-refractivity contribution in [2.75, 3.05) is 19.1 Å². The van der Waals surface area contributed by atoms with Crippen LogP contribution in [0.2, 0.25) is 0 Å². The fourth-order valence-electron chi connectivity index (χ4n) is 2.58. The van der Waals surface area contributed by atoms with Crippen LogP contribution in [0.15, 0.2) is 36.7 Å². The number of rotatable bonds is 3. The minimum atomic E-state index is -0.0355. The van der Waals surface area contributed by atoms with Crippen LogP contribution in [0, 0.1) is 0 Å². The van der Waals surface area contributed by atoms with Gasteiger partial charge in [0.25, 0.3) is 0 Å². The second-order valence-electron chi connectivity index (χ2n) is 4.45. The van der Waals surface area contributed by atoms with Crippen molar-refractivity contribution in [3.05, 3.63) is 48.0 Å². The fraction of sp³-hybridized carbons (Fsp3) is 0.357. The van der Waals surface area contributed by atoms with Gasteiger partial charge in [0.2, 0.25) is 0 Å². The lowest BCUT2D eigenvalue weighted by Gasteiger charge is -2.41. The van der Waals surface area contributed by atoms with E-state index in [4.69, 9.17) is 4.74 Å². The van der Waals surface area contributed by atoms with E-state index >= 15 is 0 Å². The summed E-state index contributed by atoms with van der Waals surface area (Å²) in [7, 11) is 0. The number of fused-ring (bicyclic) bond motifs is 1. The maximum Gasteiger partial charge on any atom is 0.123 e. The molecule has 0 aliphatic carbocycles. The molecule has 1 N–H and O–H groups in total. The lowest BCUT2D eigenvalue weighted by molar-refractivity contribution is 0.269. The van der Waals surface area contributed by atoms with Gasteiger partial charge in [-0.3, -0.25) is 0 Å². The van der Waals surface area contributed by atoms with Gasteiger partial charge in [0.05, 0.1) is 5.92 Å². The van der Waals surface area contributed by atoms with Gasteiger partial charge in [0.15, 0.2) is 0 Å². The zero-order valence-electron chi connectivity index (χ0n) is 10.9. The summed E-state index contributed by atoms with van der Waals surface area (Å²) in [6.45, 7) is 0.692. The van der Waals surface area contributed by atoms with Gasteiger partial charge in [-0.2, -0.15) is 0 Å². The van der Waals surface area contributed by atoms with E-state index in [0.717, 1.165) is 11.6 Å². The minimum Gasteiger partial charge on any atom is -0.491 e. The Kier molecular flexibility index (Phi) is 3.50. The van der Waals surface area contributed by atoms with Crippen molar-refractivity contribution in [3.8, 4) is 5.75 Å². The molecular weight excluding hydrogens is 276 g/mol. The van der Waals surface area contributed by atoms with Crippen LogP contribution in [0.4, 0.5) is 0 Å². The van der Waals surface area contributed by atoms with Crippen molar-refractivity contribution in [3.63, 3.8) is 0 Å². The Balaban J connectivity index is 2.16. The molecule has 0 bridgehead atoms. The Bertz CT molecular complexity index is 552. The van der Waals surface area contributed by atoms with Gasteiger partial charge >= 0.3 is 0 Å². The van der Waals surface area contributed by atoms with Crippen molar-refractivity contribution in [1.29, 1.82) is 0 Å². The molecule has 1 aliphatic rings. The zero-order chi connectivity index (χ0) is 13.3. The molecule has 1 aromatic heterocycles. The summed E-state index contributed by atoms with van der Waals surface area (Å²) in [4.78, 5) is 7.77. The van der Waals surface area contributed by atoms with Gasteiger partial charge < -0.3 is 9.72 Å². The maximum atomic E-state index is 5.97. The quantitative estimate of drug-likeness (QED) is 0.880. The minimum absolute atomic E-state index is 0.0355. The average molecular weight is 292 g/mol. The molecule has 5 heteroatoms. The normalized spacial score (nSPS) is 20.6. The average Bonchev–Trinajstić information content (AvgIpc) is 2.99. The van der Waals surface area contributed by atoms with Gasteiger partial charge in [-0.05, 0) is 18.6 Å². The predicted molar refractivity (Wildman–Crippen MR) is 82.1 cm³/mol. The fourth-order valence-corrected chi connectivity index (χ4v) is 4.55. The van der Waals surface area contributed by atoms with Crippen LogP contribution >= 0.6 is 23.5 Å². The molecule has 1 unspecified atom stereocenters. The Morgan fingerprint density at radius 1 is 1.32 bits per heavy atom. The van der Waals surface area contributed by atoms with Gasteiger partial charge in [0, 0.05) is 18.0 Å². The lowest BCUT2D eigenvalue weighted by atomic mass is 9.91. The Morgan fingerprint density at radius 2 is 2.11 bits per heavy atom. The van der Waals surface area contributed by atoms with Crippen molar-refractivity contribution in [2.45, 2.75) is 10.00 Å². The number of ether oxygens (including phenoxy) is 1. The number of hydrogen-bond donors (Lipinski definition) is 1. The first kappa shape index (κ1) is 12.9. The van der Waals surface area contributed by atoms with E-state index in [1.807, 2.05) is 48.1 Å². The Labute approximate surface area is 121 Å². The van der Waals surface area contributed by atoms with Crippen LogP contribution in [-0.4, -0.2) is 33.2 Å². The van der Waals surface area contributed by atoms with E-state index in [0.29, 0.717) is 6.61 Å². The second-order valence-corrected chi connectivity index (χ2v) is 6.99. The number of hydrogen-bond acceptors (Lipinski definition) is 4. The molecule has 0 fully saturated rings. The summed E-state index contributed by atoms with van der Waals surface area (Å²) in [5.41, 5.74) is 1.22. The predicted octanol–water partition coefficient (Wildman–Crippen LogP) is 3.36. The molecule has 19 heavy (non-hydrogen) atoms. The summed E-state index contributed by atoms with van der Waals surface area (Å²) in [5, 5.41) is 0. The Hall–Kier alpha value is -1.07. The third-order valence-electron chi connectivity index (χ3n) is 3.58. The maximum absolute atomic E-state index is 5.97. The molecule has 2 heterocycles. The highest BCUT2D eigenvalue weighted by Crippen LogP contribution is 2.53. The first-order valence-electron chi connectivity index (χ1n) is 6.12. The lowest BCUT2D eigenvalue weighted by Crippen LogP contribution is -2.40. The summed E-state index contributed by atoms with van der Waals surface area (Å²) < 4.78 is 5.93.